The molecule has 17 atom stereocenters. The van der Waals surface area contributed by atoms with E-state index in [1.807, 2.05) is 27.7 Å². The first-order valence-electron chi connectivity index (χ1n) is 49.5. The Morgan fingerprint density at radius 3 is 1.21 bits per heavy atom. The maximum absolute atomic E-state index is 15.1. The van der Waals surface area contributed by atoms with Crippen molar-refractivity contribution in [2.75, 3.05) is 44.8 Å². The molecule has 18 amide bonds. The molecule has 0 unspecified atom stereocenters. The Morgan fingerprint density at radius 2 is 0.743 bits per heavy atom. The standard InChI is InChI=1S/C102H151N19O22S/c1-16-62(14)86(99(139)113-72(48-63-28-20-17-21-29-63)87(127)105-53-82(125)107-73(49-64-30-22-18-23-31-64)93(133)117-84(60(10)11)97(137)106-54-83(126)108-76(52-81(104)124)91(131)109-69(40-43-144-15)88(128)115-77(102(142)143)47-59(8)9)119-94(134)75(50-65-32-24-19-25-33-65)114-98(138)85(61(12)13)118-92(132)71(46-58(6)7)110-95(135)78(55-122)116-90(130)74(51-66-36-38-67(123)39-37-66)111-89(129)70(45-57(4)5)112-96(136)79-34-26-41-120(79)101(141)80-35-27-42-121(80)100(140)68(103)44-56(2)3/h17-25,28-33,36-39,56-62,68-80,84-86,122-123H,16,26-27,34-35,40-55,103H2,1-15H3,(H2,104,124)(H,105,127)(H,106,137)(H,107,125)(H,108,126)(H,109,131)(H,110,135)(H,111,129)(H,112,136)(H,113,139)(H,114,138)(H,115,128)(H,116,130)(H,117,133)(H,118,132)(H,119,134)(H,142,143)/t62-,68-,69-,70-,71-,72-,73-,74-,75-,76-,77-,78-,79-,80-,84-,85-,86-/m0/s1. The molecule has 0 bridgehead atoms. The van der Waals surface area contributed by atoms with E-state index < -0.39 is 247 Å². The fourth-order valence-corrected chi connectivity index (χ4v) is 17.3. The van der Waals surface area contributed by atoms with Crippen LogP contribution < -0.4 is 91.2 Å². The van der Waals surface area contributed by atoms with E-state index in [0.717, 1.165) is 0 Å². The molecule has 6 rings (SSSR count). The molecule has 2 fully saturated rings. The maximum atomic E-state index is 15.1. The zero-order chi connectivity index (χ0) is 107. The third kappa shape index (κ3) is 39.5. The number of phenolic OH excluding ortho intramolecular Hbond substituents is 1. The average Bonchev–Trinajstić information content (AvgIpc) is 1.64. The van der Waals surface area contributed by atoms with Crippen LogP contribution in [0.25, 0.3) is 0 Å². The van der Waals surface area contributed by atoms with Gasteiger partial charge in [0.2, 0.25) is 106 Å². The number of thioether (sulfide) groups is 1. The van der Waals surface area contributed by atoms with Crippen molar-refractivity contribution >= 4 is 124 Å². The smallest absolute Gasteiger partial charge is 0.326 e. The number of hydrogen-bond acceptors (Lipinski definition) is 23. The Morgan fingerprint density at radius 1 is 0.389 bits per heavy atom. The molecule has 2 aliphatic rings. The second-order valence-electron chi connectivity index (χ2n) is 39.4. The number of nitrogens with zero attached hydrogens (tertiary/aromatic N) is 2. The molecule has 4 aromatic carbocycles. The number of amides is 18. The van der Waals surface area contributed by atoms with Crippen molar-refractivity contribution < 1.29 is 106 Å². The van der Waals surface area contributed by atoms with Crippen molar-refractivity contribution in [3.8, 4) is 5.75 Å². The lowest BCUT2D eigenvalue weighted by molar-refractivity contribution is -0.147. The number of carboxylic acid groups (broad SMARTS) is 1. The number of aromatic hydroxyl groups is 1. The molecule has 22 N–H and O–H groups in total. The number of benzene rings is 4. The Hall–Kier alpha value is -13.1. The molecular formula is C102H151N19O22S. The van der Waals surface area contributed by atoms with Gasteiger partial charge in [-0.2, -0.15) is 11.8 Å². The van der Waals surface area contributed by atoms with Gasteiger partial charge in [-0.15, -0.1) is 0 Å². The first-order chi connectivity index (χ1) is 68.1. The van der Waals surface area contributed by atoms with Gasteiger partial charge >= 0.3 is 5.97 Å². The molecule has 4 aromatic rings. The zero-order valence-corrected chi connectivity index (χ0v) is 86.0. The van der Waals surface area contributed by atoms with Gasteiger partial charge in [0.1, 0.15) is 96.4 Å². The summed E-state index contributed by atoms with van der Waals surface area (Å²) < 4.78 is 0. The average molecular weight is 2030 g/mol. The summed E-state index contributed by atoms with van der Waals surface area (Å²) in [5.41, 5.74) is 13.9. The highest BCUT2D eigenvalue weighted by molar-refractivity contribution is 7.98. The predicted octanol–water partition coefficient (Wildman–Crippen LogP) is 0.755. The first-order valence-corrected chi connectivity index (χ1v) is 50.9. The lowest BCUT2D eigenvalue weighted by atomic mass is 9.96. The third-order valence-corrected chi connectivity index (χ3v) is 25.4. The normalized spacial score (nSPS) is 16.6. The van der Waals surface area contributed by atoms with Gasteiger partial charge in [-0.25, -0.2) is 4.79 Å². The number of nitrogens with one attached hydrogen (secondary N) is 15. The van der Waals surface area contributed by atoms with E-state index in [-0.39, 0.29) is 106 Å². The van der Waals surface area contributed by atoms with Gasteiger partial charge in [0, 0.05) is 38.8 Å². The van der Waals surface area contributed by atoms with Crippen LogP contribution in [0.2, 0.25) is 0 Å². The highest BCUT2D eigenvalue weighted by atomic mass is 32.2. The molecule has 0 aromatic heterocycles. The van der Waals surface area contributed by atoms with Gasteiger partial charge in [-0.05, 0) is 146 Å². The SMILES string of the molecule is CC[C@H](C)[C@H](NC(=O)[C@H](Cc1ccccc1)NC(=O)[C@@H](NC(=O)[C@H](CC(C)C)NC(=O)[C@H](CO)NC(=O)[C@H](Cc1ccc(O)cc1)NC(=O)[C@H](CC(C)C)NC(=O)[C@@H]1CCCN1C(=O)[C@@H]1CCCN1C(=O)[C@@H](N)CC(C)C)C(C)C)C(=O)N[C@@H](Cc1ccccc1)C(=O)NCC(=O)N[C@@H](Cc1ccccc1)C(=O)N[C@H](C(=O)NCC(=O)N[C@@H](CC(N)=O)C(=O)N[C@@H](CCSC)C(=O)N[C@@H](CC(C)C)C(=O)O)C(C)C. The molecule has 0 radical (unpaired) electrons. The molecule has 42 heteroatoms. The summed E-state index contributed by atoms with van der Waals surface area (Å²) in [5, 5.41) is 70.2. The van der Waals surface area contributed by atoms with Crippen molar-refractivity contribution in [1.82, 2.24) is 89.6 Å². The molecule has 792 valence electrons. The quantitative estimate of drug-likeness (QED) is 0.0290. The van der Waals surface area contributed by atoms with Gasteiger partial charge in [-0.3, -0.25) is 86.3 Å². The molecule has 144 heavy (non-hydrogen) atoms. The Kier molecular flexibility index (Phi) is 49.7. The number of aliphatic hydroxyl groups is 1. The summed E-state index contributed by atoms with van der Waals surface area (Å²) in [4.78, 5) is 272. The minimum atomic E-state index is -1.79. The lowest BCUT2D eigenvalue weighted by Crippen LogP contribution is -2.62. The molecule has 41 nitrogen and oxygen atoms in total. The van der Waals surface area contributed by atoms with Crippen molar-refractivity contribution in [2.45, 2.75) is 290 Å². The molecule has 0 aliphatic carbocycles. The number of likely N-dealkylation sites (tertiary alicyclic amines) is 2. The van der Waals surface area contributed by atoms with Crippen LogP contribution in [0.3, 0.4) is 0 Å². The van der Waals surface area contributed by atoms with Gasteiger partial charge < -0.3 is 116 Å². The number of carbonyl (C=O) groups is 19. The van der Waals surface area contributed by atoms with Crippen LogP contribution in [0.1, 0.15) is 190 Å². The van der Waals surface area contributed by atoms with E-state index in [9.17, 15) is 96.8 Å². The van der Waals surface area contributed by atoms with Crippen molar-refractivity contribution in [3.63, 3.8) is 0 Å². The van der Waals surface area contributed by atoms with Crippen LogP contribution in [-0.2, 0) is 117 Å². The topological polar surface area (TPSA) is 624 Å². The molecule has 2 heterocycles. The number of hydrogen-bond donors (Lipinski definition) is 20. The summed E-state index contributed by atoms with van der Waals surface area (Å²) in [5.74, 6) is -18.9. The molecular weight excluding hydrogens is 1880 g/mol. The van der Waals surface area contributed by atoms with Crippen molar-refractivity contribution in [3.05, 3.63) is 138 Å². The highest BCUT2D eigenvalue weighted by Crippen LogP contribution is 2.28. The van der Waals surface area contributed by atoms with Gasteiger partial charge in [0.25, 0.3) is 0 Å². The number of rotatable bonds is 59. The van der Waals surface area contributed by atoms with Crippen LogP contribution in [0.5, 0.6) is 5.75 Å². The number of aliphatic hydroxyl groups excluding tert-OH is 1. The molecule has 2 aliphatic heterocycles. The molecule has 2 saturated heterocycles. The van der Waals surface area contributed by atoms with Crippen LogP contribution >= 0.6 is 11.8 Å². The van der Waals surface area contributed by atoms with Crippen LogP contribution in [0.15, 0.2) is 115 Å². The summed E-state index contributed by atoms with van der Waals surface area (Å²) in [6.07, 6.45) is 2.66. The highest BCUT2D eigenvalue weighted by Gasteiger charge is 2.46. The maximum Gasteiger partial charge on any atom is 0.326 e. The number of carbonyl (C=O) groups excluding carboxylic acids is 18. The van der Waals surface area contributed by atoms with Gasteiger partial charge in [0.05, 0.1) is 32.2 Å². The molecule has 0 spiro atoms. The monoisotopic (exact) mass is 2030 g/mol. The third-order valence-electron chi connectivity index (χ3n) is 24.7. The van der Waals surface area contributed by atoms with Crippen molar-refractivity contribution in [1.29, 1.82) is 0 Å². The fraction of sp³-hybridized carbons (Fsp3) is 0.578. The van der Waals surface area contributed by atoms with E-state index in [1.165, 1.54) is 45.8 Å². The Balaban J connectivity index is 1.15. The predicted molar refractivity (Wildman–Crippen MR) is 539 cm³/mol. The number of nitrogens with two attached hydrogens (primary N) is 2. The summed E-state index contributed by atoms with van der Waals surface area (Å²) in [7, 11) is 0. The number of phenols is 1. The van der Waals surface area contributed by atoms with Gasteiger partial charge in [-0.1, -0.05) is 206 Å². The number of aliphatic carboxylic acids is 1. The van der Waals surface area contributed by atoms with Crippen LogP contribution in [0, 0.1) is 41.4 Å². The van der Waals surface area contributed by atoms with E-state index in [0.29, 0.717) is 60.2 Å². The Labute approximate surface area is 846 Å². The Bertz CT molecular complexity index is 4980. The second kappa shape index (κ2) is 59.8. The number of carboxylic acids is 1. The second-order valence-corrected chi connectivity index (χ2v) is 40.4. The lowest BCUT2D eigenvalue weighted by Gasteiger charge is -2.33. The minimum absolute atomic E-state index is 0.0276. The minimum Gasteiger partial charge on any atom is -0.508 e. The van der Waals surface area contributed by atoms with E-state index in [1.54, 1.807) is 166 Å². The van der Waals surface area contributed by atoms with Crippen LogP contribution in [-0.4, -0.2) is 279 Å². The summed E-state index contributed by atoms with van der Waals surface area (Å²) >= 11 is 1.33. The first kappa shape index (κ1) is 120. The van der Waals surface area contributed by atoms with Crippen molar-refractivity contribution in [2.24, 2.45) is 52.9 Å². The summed E-state index contributed by atoms with van der Waals surface area (Å²) in [6, 6.07) is 9.54. The summed E-state index contributed by atoms with van der Waals surface area (Å²) in [6.45, 7) is 22.2. The van der Waals surface area contributed by atoms with E-state index in [2.05, 4.69) is 79.8 Å². The molecule has 0 saturated carbocycles. The van der Waals surface area contributed by atoms with Crippen LogP contribution in [0.4, 0.5) is 0 Å². The van der Waals surface area contributed by atoms with E-state index >= 15 is 9.59 Å². The largest absolute Gasteiger partial charge is 0.508 e. The van der Waals surface area contributed by atoms with Gasteiger partial charge in [0.15, 0.2) is 0 Å². The van der Waals surface area contributed by atoms with E-state index in [4.69, 9.17) is 11.5 Å². The fourth-order valence-electron chi connectivity index (χ4n) is 16.8. The zero-order valence-electron chi connectivity index (χ0n) is 85.2. The number of primary amides is 1.